The molecule has 0 saturated heterocycles. The van der Waals surface area contributed by atoms with E-state index in [2.05, 4.69) is 26.0 Å². The molecule has 0 aliphatic rings. The number of benzene rings is 3. The first-order valence-electron chi connectivity index (χ1n) is 9.09. The Morgan fingerprint density at radius 1 is 0.938 bits per heavy atom. The van der Waals surface area contributed by atoms with E-state index >= 15 is 0 Å². The lowest BCUT2D eigenvalue weighted by Crippen LogP contribution is -2.12. The minimum atomic E-state index is -3.77. The highest BCUT2D eigenvalue weighted by Crippen LogP contribution is 2.29. The summed E-state index contributed by atoms with van der Waals surface area (Å²) < 4.78 is 33.3. The average molecular weight is 516 g/mol. The van der Waals surface area contributed by atoms with Crippen LogP contribution in [0.5, 0.6) is 0 Å². The molecule has 1 aromatic heterocycles. The van der Waals surface area contributed by atoms with Crippen molar-refractivity contribution < 1.29 is 17.8 Å². The molecule has 1 heterocycles. The van der Waals surface area contributed by atoms with Gasteiger partial charge in [-0.1, -0.05) is 22.0 Å². The van der Waals surface area contributed by atoms with Crippen LogP contribution in [0.15, 0.2) is 91.4 Å². The van der Waals surface area contributed by atoms with Crippen LogP contribution in [-0.2, 0) is 10.0 Å². The summed E-state index contributed by atoms with van der Waals surface area (Å²) in [6, 6.07) is 17.7. The van der Waals surface area contributed by atoms with Crippen LogP contribution in [0.25, 0.3) is 11.0 Å². The van der Waals surface area contributed by atoms with Crippen molar-refractivity contribution in [3.63, 3.8) is 0 Å². The maximum absolute atomic E-state index is 12.6. The van der Waals surface area contributed by atoms with Crippen molar-refractivity contribution >= 4 is 59.7 Å². The molecule has 3 aromatic carbocycles. The van der Waals surface area contributed by atoms with Crippen LogP contribution in [-0.4, -0.2) is 13.3 Å². The third kappa shape index (κ3) is 4.63. The molecule has 0 fully saturated rings. The van der Waals surface area contributed by atoms with E-state index in [-0.39, 0.29) is 16.2 Å². The first kappa shape index (κ1) is 21.5. The summed E-state index contributed by atoms with van der Waals surface area (Å²) >= 11 is 3.25. The average Bonchev–Trinajstić information content (AvgIpc) is 2.74. The molecule has 0 radical (unpaired) electrons. The monoisotopic (exact) mass is 515 g/mol. The number of nitrogens with one attached hydrogen (secondary N) is 2. The zero-order valence-corrected chi connectivity index (χ0v) is 18.5. The van der Waals surface area contributed by atoms with E-state index in [1.165, 1.54) is 36.4 Å². The van der Waals surface area contributed by atoms with Crippen LogP contribution in [0.1, 0.15) is 0 Å². The Balaban J connectivity index is 1.60. The van der Waals surface area contributed by atoms with Gasteiger partial charge in [0.05, 0.1) is 15.5 Å². The molecule has 4 rings (SSSR count). The summed E-state index contributed by atoms with van der Waals surface area (Å²) in [5, 5.41) is 14.5. The van der Waals surface area contributed by atoms with Gasteiger partial charge in [0.15, 0.2) is 0 Å². The van der Waals surface area contributed by atoms with Gasteiger partial charge in [0.1, 0.15) is 5.58 Å². The first-order chi connectivity index (χ1) is 15.2. The number of hydrogen-bond acceptors (Lipinski definition) is 7. The Morgan fingerprint density at radius 3 is 2.34 bits per heavy atom. The smallest absolute Gasteiger partial charge is 0.338 e. The maximum Gasteiger partial charge on any atom is 0.338 e. The molecule has 2 N–H and O–H groups in total. The lowest BCUT2D eigenvalue weighted by molar-refractivity contribution is -0.384. The quantitative estimate of drug-likeness (QED) is 0.209. The molecule has 0 bridgehead atoms. The third-order valence-electron chi connectivity index (χ3n) is 4.46. The molecular formula is C21H14BrN3O6S. The van der Waals surface area contributed by atoms with Gasteiger partial charge in [0.2, 0.25) is 0 Å². The number of nitro benzene ring substituents is 1. The molecule has 0 aliphatic carbocycles. The largest absolute Gasteiger partial charge is 0.423 e. The Labute approximate surface area is 190 Å². The number of non-ortho nitro benzene ring substituents is 1. The summed E-state index contributed by atoms with van der Waals surface area (Å²) in [5.74, 6) is 0. The van der Waals surface area contributed by atoms with Gasteiger partial charge in [0.25, 0.3) is 15.7 Å². The first-order valence-corrected chi connectivity index (χ1v) is 11.4. The molecule has 4 aromatic rings. The van der Waals surface area contributed by atoms with Crippen LogP contribution >= 0.6 is 15.9 Å². The van der Waals surface area contributed by atoms with Crippen molar-refractivity contribution in [3.8, 4) is 0 Å². The van der Waals surface area contributed by atoms with Crippen LogP contribution in [0, 0.1) is 10.1 Å². The second-order valence-electron chi connectivity index (χ2n) is 6.68. The lowest BCUT2D eigenvalue weighted by atomic mass is 10.1. The lowest BCUT2D eigenvalue weighted by Gasteiger charge is -2.11. The van der Waals surface area contributed by atoms with Gasteiger partial charge in [-0.05, 0) is 48.5 Å². The van der Waals surface area contributed by atoms with Gasteiger partial charge in [-0.15, -0.1) is 0 Å². The summed E-state index contributed by atoms with van der Waals surface area (Å²) in [5.41, 5.74) is 0.628. The Kier molecular flexibility index (Phi) is 5.68. The predicted molar refractivity (Wildman–Crippen MR) is 124 cm³/mol. The standard InChI is InChI=1S/C21H14BrN3O6S/c22-13-2-1-3-17(10-13)32(29,30)24-15-6-4-14(5-7-15)23-19-12-21(26)31-20-9-8-16(25(27)28)11-18(19)20/h1-12,23-24H. The fourth-order valence-corrected chi connectivity index (χ4v) is 4.65. The molecule has 0 unspecified atom stereocenters. The highest BCUT2D eigenvalue weighted by Gasteiger charge is 2.15. The molecule has 9 nitrogen and oxygen atoms in total. The SMILES string of the molecule is O=c1cc(Nc2ccc(NS(=O)(=O)c3cccc(Br)c3)cc2)c2cc([N+](=O)[O-])ccc2o1. The molecule has 0 spiro atoms. The molecule has 11 heteroatoms. The summed E-state index contributed by atoms with van der Waals surface area (Å²) in [6.45, 7) is 0. The predicted octanol–water partition coefficient (Wildman–Crippen LogP) is 5.01. The zero-order chi connectivity index (χ0) is 22.9. The molecule has 0 amide bonds. The van der Waals surface area contributed by atoms with Crippen molar-refractivity contribution in [2.75, 3.05) is 10.0 Å². The number of halogens is 1. The minimum Gasteiger partial charge on any atom is -0.423 e. The van der Waals surface area contributed by atoms with Crippen LogP contribution in [0.2, 0.25) is 0 Å². The fourth-order valence-electron chi connectivity index (χ4n) is 2.99. The number of sulfonamides is 1. The van der Waals surface area contributed by atoms with Crippen LogP contribution in [0.4, 0.5) is 22.7 Å². The summed E-state index contributed by atoms with van der Waals surface area (Å²) in [7, 11) is -3.77. The van der Waals surface area contributed by atoms with Crippen LogP contribution < -0.4 is 15.7 Å². The molecule has 32 heavy (non-hydrogen) atoms. The Bertz CT molecular complexity index is 1500. The molecule has 0 atom stereocenters. The van der Waals surface area contributed by atoms with Crippen molar-refractivity contribution in [1.29, 1.82) is 0 Å². The second kappa shape index (κ2) is 8.44. The van der Waals surface area contributed by atoms with E-state index in [1.54, 1.807) is 36.4 Å². The number of nitrogens with zero attached hydrogens (tertiary/aromatic N) is 1. The van der Waals surface area contributed by atoms with Gasteiger partial charge in [-0.25, -0.2) is 13.2 Å². The summed E-state index contributed by atoms with van der Waals surface area (Å²) in [6.07, 6.45) is 0. The van der Waals surface area contributed by atoms with E-state index in [1.807, 2.05) is 0 Å². The van der Waals surface area contributed by atoms with Crippen molar-refractivity contribution in [3.05, 3.63) is 97.8 Å². The molecule has 0 aliphatic heterocycles. The van der Waals surface area contributed by atoms with Gasteiger partial charge in [-0.2, -0.15) is 0 Å². The number of hydrogen-bond donors (Lipinski definition) is 2. The third-order valence-corrected chi connectivity index (χ3v) is 6.33. The number of rotatable bonds is 6. The van der Waals surface area contributed by atoms with Gasteiger partial charge < -0.3 is 9.73 Å². The molecule has 162 valence electrons. The van der Waals surface area contributed by atoms with E-state index in [0.29, 0.717) is 26.9 Å². The van der Waals surface area contributed by atoms with Gasteiger partial charge in [-0.3, -0.25) is 14.8 Å². The van der Waals surface area contributed by atoms with Gasteiger partial charge in [0, 0.05) is 39.4 Å². The Morgan fingerprint density at radius 2 is 1.66 bits per heavy atom. The normalized spacial score (nSPS) is 11.3. The van der Waals surface area contributed by atoms with Gasteiger partial charge >= 0.3 is 5.63 Å². The van der Waals surface area contributed by atoms with E-state index in [0.717, 1.165) is 0 Å². The second-order valence-corrected chi connectivity index (χ2v) is 9.28. The van der Waals surface area contributed by atoms with Crippen LogP contribution in [0.3, 0.4) is 0 Å². The molecule has 0 saturated carbocycles. The van der Waals surface area contributed by atoms with E-state index in [9.17, 15) is 23.3 Å². The number of fused-ring (bicyclic) bond motifs is 1. The van der Waals surface area contributed by atoms with E-state index in [4.69, 9.17) is 4.42 Å². The Hall–Kier alpha value is -3.70. The fraction of sp³-hybridized carbons (Fsp3) is 0. The molecular weight excluding hydrogens is 502 g/mol. The topological polar surface area (TPSA) is 132 Å². The minimum absolute atomic E-state index is 0.109. The highest BCUT2D eigenvalue weighted by atomic mass is 79.9. The van der Waals surface area contributed by atoms with Crippen molar-refractivity contribution in [1.82, 2.24) is 0 Å². The maximum atomic E-state index is 12.6. The van der Waals surface area contributed by atoms with Crippen molar-refractivity contribution in [2.45, 2.75) is 4.90 Å². The highest BCUT2D eigenvalue weighted by molar-refractivity contribution is 9.10. The van der Waals surface area contributed by atoms with E-state index < -0.39 is 20.6 Å². The number of anilines is 3. The number of nitro groups is 1. The van der Waals surface area contributed by atoms with Crippen molar-refractivity contribution in [2.24, 2.45) is 0 Å². The summed E-state index contributed by atoms with van der Waals surface area (Å²) in [4.78, 5) is 22.5. The zero-order valence-electron chi connectivity index (χ0n) is 16.1.